The van der Waals surface area contributed by atoms with Gasteiger partial charge in [0.05, 0.1) is 34.3 Å². The van der Waals surface area contributed by atoms with Crippen molar-refractivity contribution in [1.29, 1.82) is 0 Å². The van der Waals surface area contributed by atoms with E-state index in [9.17, 15) is 0 Å². The zero-order chi connectivity index (χ0) is 22.4. The van der Waals surface area contributed by atoms with E-state index in [1.807, 2.05) is 0 Å². The topological polar surface area (TPSA) is 35.4 Å². The predicted octanol–water partition coefficient (Wildman–Crippen LogP) is 7.53. The smallest absolute Gasteiger partial charge is 0.0707 e. The molecule has 0 saturated heterocycles. The van der Waals surface area contributed by atoms with Crippen LogP contribution in [-0.2, 0) is 6.67 Å². The minimum atomic E-state index is 0.468. The quantitative estimate of drug-likeness (QED) is 0.299. The molecule has 0 spiro atoms. The highest BCUT2D eigenvalue weighted by molar-refractivity contribution is 6.24. The largest absolute Gasteiger partial charge is 0.327 e. The predicted molar refractivity (Wildman–Crippen MR) is 144 cm³/mol. The number of nitrogens with two attached hydrogens (primary N) is 1. The molecule has 0 atom stereocenters. The Hall–Kier alpha value is -4.34. The second-order valence-corrected chi connectivity index (χ2v) is 9.15. The Kier molecular flexibility index (Phi) is 3.40. The highest BCUT2D eigenvalue weighted by atomic mass is 15.0. The van der Waals surface area contributed by atoms with E-state index in [1.54, 1.807) is 0 Å². The number of fused-ring (bicyclic) bond motifs is 9. The van der Waals surface area contributed by atoms with Crippen LogP contribution in [0.5, 0.6) is 0 Å². The van der Waals surface area contributed by atoms with Gasteiger partial charge in [-0.2, -0.15) is 0 Å². The Labute approximate surface area is 195 Å². The van der Waals surface area contributed by atoms with Gasteiger partial charge >= 0.3 is 0 Å². The van der Waals surface area contributed by atoms with Crippen molar-refractivity contribution in [3.63, 3.8) is 0 Å². The van der Waals surface area contributed by atoms with E-state index in [0.29, 0.717) is 6.67 Å². The van der Waals surface area contributed by atoms with Gasteiger partial charge in [0.25, 0.3) is 0 Å². The molecule has 3 heterocycles. The summed E-state index contributed by atoms with van der Waals surface area (Å²) in [6.07, 6.45) is 0. The van der Waals surface area contributed by atoms with E-state index >= 15 is 0 Å². The van der Waals surface area contributed by atoms with Crippen LogP contribution in [0.15, 0.2) is 103 Å². The first-order chi connectivity index (χ1) is 16.8. The van der Waals surface area contributed by atoms with Gasteiger partial charge < -0.3 is 14.7 Å². The number of benzene rings is 5. The van der Waals surface area contributed by atoms with Crippen molar-refractivity contribution in [2.24, 2.45) is 5.73 Å². The molecule has 0 unspecified atom stereocenters. The Morgan fingerprint density at radius 3 is 1.59 bits per heavy atom. The van der Waals surface area contributed by atoms with E-state index in [4.69, 9.17) is 5.73 Å². The third-order valence-corrected chi connectivity index (χ3v) is 7.49. The van der Waals surface area contributed by atoms with Crippen LogP contribution in [0.25, 0.3) is 71.0 Å². The number of para-hydroxylation sites is 3. The number of hydrogen-bond acceptors (Lipinski definition) is 1. The molecule has 34 heavy (non-hydrogen) atoms. The maximum Gasteiger partial charge on any atom is 0.0707 e. The summed E-state index contributed by atoms with van der Waals surface area (Å²) in [6, 6.07) is 37.5. The van der Waals surface area contributed by atoms with E-state index in [2.05, 4.69) is 112 Å². The zero-order valence-corrected chi connectivity index (χ0v) is 18.5. The summed E-state index contributed by atoms with van der Waals surface area (Å²) in [5.41, 5.74) is 14.8. The van der Waals surface area contributed by atoms with Crippen LogP contribution in [0.3, 0.4) is 0 Å². The minimum absolute atomic E-state index is 0.468. The molecule has 0 saturated carbocycles. The Balaban J connectivity index is 1.51. The molecular weight excluding hydrogens is 414 g/mol. The first-order valence-electron chi connectivity index (χ1n) is 11.7. The minimum Gasteiger partial charge on any atom is -0.327 e. The molecule has 8 aromatic rings. The molecule has 0 aliphatic carbocycles. The fraction of sp³-hybridized carbons (Fsp3) is 0.0323. The first-order valence-corrected chi connectivity index (χ1v) is 11.7. The van der Waals surface area contributed by atoms with Gasteiger partial charge in [-0.1, -0.05) is 60.7 Å². The maximum absolute atomic E-state index is 6.13. The van der Waals surface area contributed by atoms with Crippen LogP contribution in [0.1, 0.15) is 0 Å². The number of aromatic nitrogens is 2. The zero-order valence-electron chi connectivity index (χ0n) is 18.5. The molecule has 0 aliphatic rings. The van der Waals surface area contributed by atoms with Crippen molar-refractivity contribution in [3.05, 3.63) is 103 Å². The second kappa shape index (κ2) is 6.37. The summed E-state index contributed by atoms with van der Waals surface area (Å²) in [5.74, 6) is 0. The molecule has 8 rings (SSSR count). The lowest BCUT2D eigenvalue weighted by molar-refractivity contribution is 0.791. The molecule has 0 bridgehead atoms. The van der Waals surface area contributed by atoms with E-state index in [-0.39, 0.29) is 0 Å². The summed E-state index contributed by atoms with van der Waals surface area (Å²) in [5, 5.41) is 7.72. The highest BCUT2D eigenvalue weighted by Crippen LogP contribution is 2.42. The van der Waals surface area contributed by atoms with Gasteiger partial charge in [0, 0.05) is 32.3 Å². The summed E-state index contributed by atoms with van der Waals surface area (Å²) in [4.78, 5) is 0. The molecule has 3 aromatic heterocycles. The second-order valence-electron chi connectivity index (χ2n) is 9.15. The van der Waals surface area contributed by atoms with Crippen molar-refractivity contribution in [2.75, 3.05) is 0 Å². The van der Waals surface area contributed by atoms with Crippen LogP contribution in [0, 0.1) is 0 Å². The van der Waals surface area contributed by atoms with Crippen LogP contribution >= 0.6 is 0 Å². The third-order valence-electron chi connectivity index (χ3n) is 7.49. The lowest BCUT2D eigenvalue weighted by atomic mass is 9.98. The molecule has 0 fully saturated rings. The lowest BCUT2D eigenvalue weighted by Crippen LogP contribution is -2.05. The van der Waals surface area contributed by atoms with E-state index in [1.165, 1.54) is 71.0 Å². The van der Waals surface area contributed by atoms with Crippen molar-refractivity contribution >= 4 is 59.9 Å². The molecule has 0 radical (unpaired) electrons. The van der Waals surface area contributed by atoms with Crippen molar-refractivity contribution in [2.45, 2.75) is 6.67 Å². The van der Waals surface area contributed by atoms with Crippen molar-refractivity contribution < 1.29 is 0 Å². The number of rotatable bonds is 2. The fourth-order valence-corrected chi connectivity index (χ4v) is 6.05. The first kappa shape index (κ1) is 18.1. The summed E-state index contributed by atoms with van der Waals surface area (Å²) < 4.78 is 4.62. The summed E-state index contributed by atoms with van der Waals surface area (Å²) in [6.45, 7) is 0.468. The average molecular weight is 436 g/mol. The molecule has 0 amide bonds. The van der Waals surface area contributed by atoms with Gasteiger partial charge in [0.15, 0.2) is 0 Å². The Morgan fingerprint density at radius 1 is 0.471 bits per heavy atom. The van der Waals surface area contributed by atoms with E-state index in [0.717, 1.165) is 0 Å². The summed E-state index contributed by atoms with van der Waals surface area (Å²) >= 11 is 0. The van der Waals surface area contributed by atoms with Crippen LogP contribution in [0.2, 0.25) is 0 Å². The van der Waals surface area contributed by atoms with E-state index < -0.39 is 0 Å². The normalized spacial score (nSPS) is 12.4. The fourth-order valence-electron chi connectivity index (χ4n) is 6.05. The molecular formula is C31H21N3. The molecule has 3 heteroatoms. The monoisotopic (exact) mass is 435 g/mol. The van der Waals surface area contributed by atoms with Gasteiger partial charge in [-0.15, -0.1) is 0 Å². The molecule has 0 aliphatic heterocycles. The SMILES string of the molecule is NCn1c2ccccc2c2cc(-c3cc4c5ccccc5n5c6ccccc6c(c3)c45)ccc21. The molecule has 160 valence electrons. The van der Waals surface area contributed by atoms with Gasteiger partial charge in [0.1, 0.15) is 0 Å². The number of hydrogen-bond donors (Lipinski definition) is 1. The van der Waals surface area contributed by atoms with Gasteiger partial charge in [0.2, 0.25) is 0 Å². The van der Waals surface area contributed by atoms with Gasteiger partial charge in [-0.3, -0.25) is 0 Å². The lowest BCUT2D eigenvalue weighted by Gasteiger charge is -2.06. The van der Waals surface area contributed by atoms with Crippen LogP contribution in [-0.4, -0.2) is 8.97 Å². The van der Waals surface area contributed by atoms with Gasteiger partial charge in [-0.05, 0) is 53.6 Å². The summed E-state index contributed by atoms with van der Waals surface area (Å²) in [7, 11) is 0. The Morgan fingerprint density at radius 2 is 0.971 bits per heavy atom. The molecule has 5 aromatic carbocycles. The van der Waals surface area contributed by atoms with Crippen LogP contribution < -0.4 is 5.73 Å². The van der Waals surface area contributed by atoms with Gasteiger partial charge in [-0.25, -0.2) is 0 Å². The van der Waals surface area contributed by atoms with Crippen molar-refractivity contribution in [3.8, 4) is 11.1 Å². The average Bonchev–Trinajstić information content (AvgIpc) is 3.52. The highest BCUT2D eigenvalue weighted by Gasteiger charge is 2.19. The maximum atomic E-state index is 6.13. The van der Waals surface area contributed by atoms with Crippen molar-refractivity contribution in [1.82, 2.24) is 8.97 Å². The molecule has 3 nitrogen and oxygen atoms in total. The molecule has 2 N–H and O–H groups in total. The van der Waals surface area contributed by atoms with Crippen LogP contribution in [0.4, 0.5) is 0 Å². The Bertz CT molecular complexity index is 1970. The number of nitrogens with zero attached hydrogens (tertiary/aromatic N) is 2. The third kappa shape index (κ3) is 2.15. The standard InChI is InChI=1S/C31H21N3/c32-18-33-27-10-4-1-7-21(27)24-15-19(13-14-28(24)33)20-16-25-22-8-2-5-11-29(22)34-30-12-6-3-9-23(30)26(17-20)31(25)34/h1-17H,18,32H2.